The minimum Gasteiger partial charge on any atom is -0.396 e. The van der Waals surface area contributed by atoms with Gasteiger partial charge in [-0.2, -0.15) is 0 Å². The topological polar surface area (TPSA) is 103 Å². The van der Waals surface area contributed by atoms with Crippen molar-refractivity contribution in [3.63, 3.8) is 0 Å². The highest BCUT2D eigenvalue weighted by atomic mass is 16.5. The summed E-state index contributed by atoms with van der Waals surface area (Å²) in [5.41, 5.74) is 0.758. The number of carbonyl (C=O) groups excluding carboxylic acids is 2. The number of morpholine rings is 1. The second kappa shape index (κ2) is 16.1. The number of ether oxygens (including phenoxy) is 2. The maximum absolute atomic E-state index is 14.0. The average Bonchev–Trinajstić information content (AvgIpc) is 3.62. The van der Waals surface area contributed by atoms with Crippen LogP contribution < -0.4 is 10.6 Å². The highest BCUT2D eigenvalue weighted by Gasteiger charge is 2.65. The molecule has 0 aromatic rings. The molecule has 0 aromatic carbocycles. The number of nitrogens with zero attached hydrogens (tertiary/aromatic N) is 2. The number of aliphatic hydroxyl groups excluding tert-OH is 1. The standard InChI is InChI=1S/C42H72N4O5/c1-28(27-47)10-13-36-29(2)39-37(51-36)25-35-33-12-11-30-24-31(14-16-41(30,3)34(33)15-17-42(35,39)4)44-40(49)46(32-8-6-5-7-9-32)19-18-43-38(48)26-45-20-22-50-23-21-45/h28-37,39,47H,5-27H2,1-4H3,(H,43,48)(H,44,49)/t28?,29-,30?,31-,33?,34?,35?,36?,37?,39?,41?,42?/m1/s1. The molecule has 7 aliphatic rings. The van der Waals surface area contributed by atoms with Crippen molar-refractivity contribution in [1.82, 2.24) is 20.4 Å². The smallest absolute Gasteiger partial charge is 0.317 e. The van der Waals surface area contributed by atoms with Gasteiger partial charge in [-0.3, -0.25) is 9.69 Å². The molecule has 2 saturated heterocycles. The molecule has 0 aromatic heterocycles. The van der Waals surface area contributed by atoms with Gasteiger partial charge in [0.25, 0.3) is 0 Å². The maximum Gasteiger partial charge on any atom is 0.317 e. The van der Waals surface area contributed by atoms with Crippen molar-refractivity contribution < 1.29 is 24.2 Å². The molecule has 10 unspecified atom stereocenters. The van der Waals surface area contributed by atoms with Gasteiger partial charge in [0.1, 0.15) is 0 Å². The SMILES string of the molecule is CC(CO)CCC1OC2CC3C4CCC5C[C@H](NC(=O)N(CCNC(=O)CN6CCOCC6)C6CCCCC6)CCC5(C)C4CCC3(C)C2[C@@H]1C. The quantitative estimate of drug-likeness (QED) is 0.235. The summed E-state index contributed by atoms with van der Waals surface area (Å²) >= 11 is 0. The van der Waals surface area contributed by atoms with Gasteiger partial charge in [0.2, 0.25) is 5.91 Å². The minimum atomic E-state index is 0.0436. The van der Waals surface area contributed by atoms with E-state index in [0.717, 1.165) is 69.4 Å². The van der Waals surface area contributed by atoms with Crippen LogP contribution in [0.3, 0.4) is 0 Å². The molecular weight excluding hydrogens is 640 g/mol. The average molecular weight is 713 g/mol. The van der Waals surface area contributed by atoms with Crippen molar-refractivity contribution in [2.45, 2.75) is 148 Å². The van der Waals surface area contributed by atoms with Crippen LogP contribution in [-0.4, -0.2) is 104 Å². The molecule has 12 atom stereocenters. The number of urea groups is 1. The Balaban J connectivity index is 0.933. The number of hydrogen-bond donors (Lipinski definition) is 3. The minimum absolute atomic E-state index is 0.0436. The van der Waals surface area contributed by atoms with E-state index in [9.17, 15) is 14.7 Å². The Hall–Kier alpha value is -1.42. The van der Waals surface area contributed by atoms with E-state index < -0.39 is 0 Å². The fourth-order valence-electron chi connectivity index (χ4n) is 13.4. The van der Waals surface area contributed by atoms with Crippen LogP contribution in [0.25, 0.3) is 0 Å². The Labute approximate surface area is 309 Å². The van der Waals surface area contributed by atoms with Crippen molar-refractivity contribution in [1.29, 1.82) is 0 Å². The first-order valence-electron chi connectivity index (χ1n) is 21.5. The molecule has 0 bridgehead atoms. The summed E-state index contributed by atoms with van der Waals surface area (Å²) < 4.78 is 12.3. The molecule has 5 saturated carbocycles. The van der Waals surface area contributed by atoms with Crippen LogP contribution in [-0.2, 0) is 14.3 Å². The van der Waals surface area contributed by atoms with Crippen LogP contribution in [0.1, 0.15) is 124 Å². The van der Waals surface area contributed by atoms with Crippen molar-refractivity contribution in [3.8, 4) is 0 Å². The molecular formula is C42H72N4O5. The van der Waals surface area contributed by atoms with Crippen molar-refractivity contribution in [3.05, 3.63) is 0 Å². The van der Waals surface area contributed by atoms with Crippen LogP contribution in [0.15, 0.2) is 0 Å². The van der Waals surface area contributed by atoms with Gasteiger partial charge in [0, 0.05) is 44.9 Å². The van der Waals surface area contributed by atoms with Crippen molar-refractivity contribution in [2.75, 3.05) is 52.5 Å². The summed E-state index contributed by atoms with van der Waals surface area (Å²) in [4.78, 5) is 31.0. The third-order valence-electron chi connectivity index (χ3n) is 16.3. The van der Waals surface area contributed by atoms with Gasteiger partial charge in [-0.1, -0.05) is 47.0 Å². The Morgan fingerprint density at radius 3 is 2.49 bits per heavy atom. The third kappa shape index (κ3) is 7.76. The lowest BCUT2D eigenvalue weighted by molar-refractivity contribution is -0.123. The first-order valence-corrected chi connectivity index (χ1v) is 21.5. The van der Waals surface area contributed by atoms with E-state index in [-0.39, 0.29) is 30.6 Å². The molecule has 9 nitrogen and oxygen atoms in total. The van der Waals surface area contributed by atoms with Gasteiger partial charge in [0.05, 0.1) is 32.0 Å². The van der Waals surface area contributed by atoms with Gasteiger partial charge in [-0.05, 0) is 129 Å². The molecule has 7 fully saturated rings. The number of nitrogens with one attached hydrogen (secondary N) is 2. The Bertz CT molecular complexity index is 1190. The predicted molar refractivity (Wildman–Crippen MR) is 200 cm³/mol. The van der Waals surface area contributed by atoms with Gasteiger partial charge in [-0.25, -0.2) is 4.79 Å². The lowest BCUT2D eigenvalue weighted by Crippen LogP contribution is -2.57. The van der Waals surface area contributed by atoms with Crippen molar-refractivity contribution >= 4 is 11.9 Å². The highest BCUT2D eigenvalue weighted by Crippen LogP contribution is 2.70. The van der Waals surface area contributed by atoms with Crippen LogP contribution >= 0.6 is 0 Å². The summed E-state index contributed by atoms with van der Waals surface area (Å²) in [6.45, 7) is 14.7. The second-order valence-corrected chi connectivity index (χ2v) is 19.0. The predicted octanol–water partition coefficient (Wildman–Crippen LogP) is 6.23. The molecule has 51 heavy (non-hydrogen) atoms. The molecule has 3 amide bonds. The third-order valence-corrected chi connectivity index (χ3v) is 16.3. The number of fused-ring (bicyclic) bond motifs is 7. The van der Waals surface area contributed by atoms with E-state index in [2.05, 4.69) is 48.1 Å². The second-order valence-electron chi connectivity index (χ2n) is 19.0. The Kier molecular flexibility index (Phi) is 12.0. The molecule has 9 heteroatoms. The summed E-state index contributed by atoms with van der Waals surface area (Å²) in [7, 11) is 0. The first kappa shape index (κ1) is 37.9. The molecule has 7 rings (SSSR count). The zero-order chi connectivity index (χ0) is 35.8. The largest absolute Gasteiger partial charge is 0.396 e. The van der Waals surface area contributed by atoms with E-state index in [1.807, 2.05) is 0 Å². The zero-order valence-corrected chi connectivity index (χ0v) is 32.6. The molecule has 0 radical (unpaired) electrons. The number of rotatable bonds is 11. The Morgan fingerprint density at radius 1 is 0.961 bits per heavy atom. The van der Waals surface area contributed by atoms with Crippen molar-refractivity contribution in [2.24, 2.45) is 52.3 Å². The summed E-state index contributed by atoms with van der Waals surface area (Å²) in [5, 5.41) is 16.3. The number of carbonyl (C=O) groups is 2. The Morgan fingerprint density at radius 2 is 1.73 bits per heavy atom. The number of aliphatic hydroxyl groups is 1. The molecule has 0 spiro atoms. The lowest BCUT2D eigenvalue weighted by Gasteiger charge is -2.61. The number of amides is 3. The fraction of sp³-hybridized carbons (Fsp3) is 0.952. The van der Waals surface area contributed by atoms with Crippen LogP contribution in [0.5, 0.6) is 0 Å². The van der Waals surface area contributed by atoms with E-state index in [0.29, 0.717) is 79.6 Å². The van der Waals surface area contributed by atoms with Gasteiger partial charge in [-0.15, -0.1) is 0 Å². The fourth-order valence-corrected chi connectivity index (χ4v) is 13.4. The molecule has 3 N–H and O–H groups in total. The first-order chi connectivity index (χ1) is 24.6. The van der Waals surface area contributed by atoms with E-state index in [4.69, 9.17) is 9.47 Å². The van der Waals surface area contributed by atoms with Crippen LogP contribution in [0.4, 0.5) is 4.79 Å². The van der Waals surface area contributed by atoms with Gasteiger partial charge < -0.3 is 30.1 Å². The highest BCUT2D eigenvalue weighted by molar-refractivity contribution is 5.78. The van der Waals surface area contributed by atoms with E-state index in [1.54, 1.807) is 0 Å². The van der Waals surface area contributed by atoms with Crippen LogP contribution in [0.2, 0.25) is 0 Å². The van der Waals surface area contributed by atoms with Gasteiger partial charge >= 0.3 is 6.03 Å². The summed E-state index contributed by atoms with van der Waals surface area (Å²) in [6.07, 6.45) is 18.7. The molecule has 5 aliphatic carbocycles. The molecule has 2 aliphatic heterocycles. The van der Waals surface area contributed by atoms with Crippen LogP contribution in [0, 0.1) is 52.3 Å². The zero-order valence-electron chi connectivity index (χ0n) is 32.6. The lowest BCUT2D eigenvalue weighted by atomic mass is 9.44. The molecule has 290 valence electrons. The summed E-state index contributed by atoms with van der Waals surface area (Å²) in [6, 6.07) is 0.608. The number of hydrogen-bond acceptors (Lipinski definition) is 6. The van der Waals surface area contributed by atoms with E-state index >= 15 is 0 Å². The molecule has 2 heterocycles. The van der Waals surface area contributed by atoms with Gasteiger partial charge in [0.15, 0.2) is 0 Å². The maximum atomic E-state index is 14.0. The summed E-state index contributed by atoms with van der Waals surface area (Å²) in [5.74, 6) is 4.75. The normalized spacial score (nSPS) is 41.9. The monoisotopic (exact) mass is 713 g/mol. The van der Waals surface area contributed by atoms with E-state index in [1.165, 1.54) is 57.8 Å².